The first kappa shape index (κ1) is 21.6. The minimum absolute atomic E-state index is 0.195. The number of aromatic nitrogens is 1. The Labute approximate surface area is 188 Å². The molecule has 0 radical (unpaired) electrons. The summed E-state index contributed by atoms with van der Waals surface area (Å²) >= 11 is 0. The Morgan fingerprint density at radius 2 is 1.47 bits per heavy atom. The summed E-state index contributed by atoms with van der Waals surface area (Å²) in [4.78, 5) is 13.3. The number of ether oxygens (including phenoxy) is 1. The van der Waals surface area contributed by atoms with E-state index in [0.717, 1.165) is 22.5 Å². The molecule has 0 fully saturated rings. The van der Waals surface area contributed by atoms with Gasteiger partial charge in [-0.15, -0.1) is 0 Å². The van der Waals surface area contributed by atoms with E-state index in [0.29, 0.717) is 12.1 Å². The van der Waals surface area contributed by atoms with Crippen LogP contribution in [0.15, 0.2) is 91.0 Å². The predicted molar refractivity (Wildman–Crippen MR) is 124 cm³/mol. The van der Waals surface area contributed by atoms with Crippen LogP contribution in [0.4, 0.5) is 4.39 Å². The normalized spacial score (nSPS) is 11.8. The lowest BCUT2D eigenvalue weighted by molar-refractivity contribution is -0.145. The Balaban J connectivity index is 1.67. The minimum Gasteiger partial charge on any atom is -0.460 e. The van der Waals surface area contributed by atoms with Gasteiger partial charge in [-0.05, 0) is 54.3 Å². The standard InChI is InChI=1S/C28H26FNO2/c1-20-17-26(21(2)30(20)18-22-9-5-3-6-10-22)27(24-13-15-25(29)16-14-24)28(31)32-19-23-11-7-4-8-12-23/h3-17,27H,18-19H2,1-2H3. The average Bonchev–Trinajstić information content (AvgIpc) is 3.08. The van der Waals surface area contributed by atoms with Crippen LogP contribution in [-0.2, 0) is 22.7 Å². The monoisotopic (exact) mass is 427 g/mol. The maximum Gasteiger partial charge on any atom is 0.318 e. The smallest absolute Gasteiger partial charge is 0.318 e. The summed E-state index contributed by atoms with van der Waals surface area (Å²) in [7, 11) is 0. The molecule has 1 aromatic heterocycles. The molecule has 0 N–H and O–H groups in total. The summed E-state index contributed by atoms with van der Waals surface area (Å²) < 4.78 is 21.5. The molecule has 4 aromatic rings. The van der Waals surface area contributed by atoms with Gasteiger partial charge in [0, 0.05) is 17.9 Å². The fourth-order valence-electron chi connectivity index (χ4n) is 4.04. The Hall–Kier alpha value is -3.66. The molecule has 0 amide bonds. The first-order chi connectivity index (χ1) is 15.5. The summed E-state index contributed by atoms with van der Waals surface area (Å²) in [6.45, 7) is 4.97. The van der Waals surface area contributed by atoms with Crippen LogP contribution in [0.2, 0.25) is 0 Å². The van der Waals surface area contributed by atoms with E-state index in [1.165, 1.54) is 17.7 Å². The molecule has 3 nitrogen and oxygen atoms in total. The fourth-order valence-corrected chi connectivity index (χ4v) is 4.04. The highest BCUT2D eigenvalue weighted by molar-refractivity contribution is 5.82. The Kier molecular flexibility index (Phi) is 6.50. The number of halogens is 1. The van der Waals surface area contributed by atoms with Gasteiger partial charge in [-0.2, -0.15) is 0 Å². The molecule has 0 saturated carbocycles. The lowest BCUT2D eigenvalue weighted by Crippen LogP contribution is -2.18. The van der Waals surface area contributed by atoms with Gasteiger partial charge in [-0.3, -0.25) is 4.79 Å². The van der Waals surface area contributed by atoms with Gasteiger partial charge in [-0.25, -0.2) is 4.39 Å². The number of esters is 1. The molecule has 0 spiro atoms. The second-order valence-electron chi connectivity index (χ2n) is 7.98. The lowest BCUT2D eigenvalue weighted by Gasteiger charge is -2.18. The molecule has 0 saturated heterocycles. The van der Waals surface area contributed by atoms with Crippen molar-refractivity contribution in [3.05, 3.63) is 130 Å². The van der Waals surface area contributed by atoms with Crippen LogP contribution < -0.4 is 0 Å². The number of hydrogen-bond acceptors (Lipinski definition) is 2. The van der Waals surface area contributed by atoms with Gasteiger partial charge in [-0.1, -0.05) is 72.8 Å². The van der Waals surface area contributed by atoms with Crippen LogP contribution in [0.1, 0.15) is 39.6 Å². The third-order valence-electron chi connectivity index (χ3n) is 5.77. The van der Waals surface area contributed by atoms with Crippen LogP contribution in [0.3, 0.4) is 0 Å². The molecular formula is C28H26FNO2. The molecule has 1 unspecified atom stereocenters. The maximum atomic E-state index is 13.6. The van der Waals surface area contributed by atoms with E-state index >= 15 is 0 Å². The zero-order valence-electron chi connectivity index (χ0n) is 18.3. The van der Waals surface area contributed by atoms with Gasteiger partial charge in [0.2, 0.25) is 0 Å². The van der Waals surface area contributed by atoms with Gasteiger partial charge < -0.3 is 9.30 Å². The predicted octanol–water partition coefficient (Wildman–Crippen LogP) is 6.17. The van der Waals surface area contributed by atoms with Crippen molar-refractivity contribution in [1.82, 2.24) is 4.57 Å². The number of rotatable bonds is 7. The van der Waals surface area contributed by atoms with Crippen LogP contribution in [-0.4, -0.2) is 10.5 Å². The van der Waals surface area contributed by atoms with Crippen LogP contribution in [0.25, 0.3) is 0 Å². The summed E-state index contributed by atoms with van der Waals surface area (Å²) in [5, 5.41) is 0. The molecule has 4 rings (SSSR count). The number of benzene rings is 3. The molecule has 3 aromatic carbocycles. The van der Waals surface area contributed by atoms with E-state index in [9.17, 15) is 9.18 Å². The summed E-state index contributed by atoms with van der Waals surface area (Å²) in [5.41, 5.74) is 5.76. The molecule has 1 atom stereocenters. The van der Waals surface area contributed by atoms with Gasteiger partial charge in [0.1, 0.15) is 18.3 Å². The topological polar surface area (TPSA) is 31.2 Å². The van der Waals surface area contributed by atoms with Crippen molar-refractivity contribution in [3.8, 4) is 0 Å². The van der Waals surface area contributed by atoms with E-state index in [2.05, 4.69) is 16.7 Å². The van der Waals surface area contributed by atoms with Crippen molar-refractivity contribution in [3.63, 3.8) is 0 Å². The number of aryl methyl sites for hydroxylation is 1. The minimum atomic E-state index is -0.630. The van der Waals surface area contributed by atoms with E-state index in [-0.39, 0.29) is 18.4 Å². The second-order valence-corrected chi connectivity index (χ2v) is 7.98. The quantitative estimate of drug-likeness (QED) is 0.330. The second kappa shape index (κ2) is 9.65. The summed E-state index contributed by atoms with van der Waals surface area (Å²) in [5.74, 6) is -1.31. The Morgan fingerprint density at radius 3 is 2.09 bits per heavy atom. The highest BCUT2D eigenvalue weighted by atomic mass is 19.1. The van der Waals surface area contributed by atoms with E-state index in [4.69, 9.17) is 4.74 Å². The van der Waals surface area contributed by atoms with E-state index in [1.54, 1.807) is 12.1 Å². The summed E-state index contributed by atoms with van der Waals surface area (Å²) in [6.07, 6.45) is 0. The van der Waals surface area contributed by atoms with Gasteiger partial charge in [0.25, 0.3) is 0 Å². The van der Waals surface area contributed by atoms with Crippen molar-refractivity contribution in [2.24, 2.45) is 0 Å². The fraction of sp³-hybridized carbons (Fsp3) is 0.179. The van der Waals surface area contributed by atoms with Gasteiger partial charge >= 0.3 is 5.97 Å². The highest BCUT2D eigenvalue weighted by Crippen LogP contribution is 2.32. The first-order valence-corrected chi connectivity index (χ1v) is 10.7. The van der Waals surface area contributed by atoms with Crippen molar-refractivity contribution in [2.45, 2.75) is 32.9 Å². The molecule has 162 valence electrons. The first-order valence-electron chi connectivity index (χ1n) is 10.7. The van der Waals surface area contributed by atoms with Crippen molar-refractivity contribution >= 4 is 5.97 Å². The molecule has 0 aliphatic carbocycles. The largest absolute Gasteiger partial charge is 0.460 e. The number of nitrogens with zero attached hydrogens (tertiary/aromatic N) is 1. The molecule has 0 bridgehead atoms. The molecule has 1 heterocycles. The van der Waals surface area contributed by atoms with Gasteiger partial charge in [0.05, 0.1) is 0 Å². The summed E-state index contributed by atoms with van der Waals surface area (Å²) in [6, 6.07) is 27.9. The zero-order valence-corrected chi connectivity index (χ0v) is 18.3. The van der Waals surface area contributed by atoms with E-state index in [1.807, 2.05) is 68.4 Å². The van der Waals surface area contributed by atoms with Crippen LogP contribution in [0.5, 0.6) is 0 Å². The molecule has 0 aliphatic rings. The Morgan fingerprint density at radius 1 is 0.875 bits per heavy atom. The number of hydrogen-bond donors (Lipinski definition) is 0. The van der Waals surface area contributed by atoms with Crippen LogP contribution in [0, 0.1) is 19.7 Å². The van der Waals surface area contributed by atoms with Gasteiger partial charge in [0.15, 0.2) is 0 Å². The maximum absolute atomic E-state index is 13.6. The van der Waals surface area contributed by atoms with Crippen molar-refractivity contribution < 1.29 is 13.9 Å². The molecule has 4 heteroatoms. The SMILES string of the molecule is Cc1cc(C(C(=O)OCc2ccccc2)c2ccc(F)cc2)c(C)n1Cc1ccccc1. The number of carbonyl (C=O) groups excluding carboxylic acids is 1. The van der Waals surface area contributed by atoms with E-state index < -0.39 is 5.92 Å². The molecule has 0 aliphatic heterocycles. The third-order valence-corrected chi connectivity index (χ3v) is 5.77. The number of carbonyl (C=O) groups is 1. The van der Waals surface area contributed by atoms with Crippen molar-refractivity contribution in [2.75, 3.05) is 0 Å². The van der Waals surface area contributed by atoms with Crippen LogP contribution >= 0.6 is 0 Å². The zero-order chi connectivity index (χ0) is 22.5. The highest BCUT2D eigenvalue weighted by Gasteiger charge is 2.28. The van der Waals surface area contributed by atoms with Crippen molar-refractivity contribution in [1.29, 1.82) is 0 Å². The Bertz CT molecular complexity index is 1180. The lowest BCUT2D eigenvalue weighted by atomic mass is 9.91. The average molecular weight is 428 g/mol. The third kappa shape index (κ3) is 4.80. The molecular weight excluding hydrogens is 401 g/mol. The molecule has 32 heavy (non-hydrogen) atoms.